The van der Waals surface area contributed by atoms with Gasteiger partial charge < -0.3 is 15.5 Å². The molecule has 3 heterocycles. The third-order valence-electron chi connectivity index (χ3n) is 6.50. The van der Waals surface area contributed by atoms with E-state index in [1.165, 1.54) is 11.8 Å². The fourth-order valence-electron chi connectivity index (χ4n) is 4.73. The van der Waals surface area contributed by atoms with E-state index in [0.29, 0.717) is 16.5 Å². The summed E-state index contributed by atoms with van der Waals surface area (Å²) in [5, 5.41) is 15.6. The molecule has 1 unspecified atom stereocenters. The van der Waals surface area contributed by atoms with Crippen molar-refractivity contribution in [3.8, 4) is 17.2 Å². The van der Waals surface area contributed by atoms with E-state index in [2.05, 4.69) is 27.8 Å². The van der Waals surface area contributed by atoms with Crippen molar-refractivity contribution in [2.45, 2.75) is 31.2 Å². The number of aromatic nitrogens is 1. The largest absolute Gasteiger partial charge is 0.385 e. The number of pyridine rings is 1. The SMILES string of the molecule is N#CC1CC(F)(F)CN1C(=O)CNC(=O)c1ccnc2ccc(-c3ccc4c(c3)CCCN4)cc12. The fourth-order valence-corrected chi connectivity index (χ4v) is 4.73. The molecule has 35 heavy (non-hydrogen) atoms. The van der Waals surface area contributed by atoms with Crippen LogP contribution in [0.4, 0.5) is 14.5 Å². The lowest BCUT2D eigenvalue weighted by atomic mass is 9.95. The van der Waals surface area contributed by atoms with Gasteiger partial charge in [0.15, 0.2) is 0 Å². The maximum Gasteiger partial charge on any atom is 0.268 e. The van der Waals surface area contributed by atoms with Crippen molar-refractivity contribution in [3.05, 3.63) is 59.8 Å². The Kier molecular flexibility index (Phi) is 5.81. The number of likely N-dealkylation sites (tertiary alicyclic amines) is 1. The highest BCUT2D eigenvalue weighted by Gasteiger charge is 2.47. The molecule has 0 aliphatic carbocycles. The number of carbonyl (C=O) groups excluding carboxylic acids is 2. The summed E-state index contributed by atoms with van der Waals surface area (Å²) in [5.74, 6) is -4.34. The Labute approximate surface area is 200 Å². The van der Waals surface area contributed by atoms with Gasteiger partial charge in [0, 0.05) is 30.2 Å². The zero-order valence-corrected chi connectivity index (χ0v) is 18.9. The maximum absolute atomic E-state index is 13.7. The van der Waals surface area contributed by atoms with E-state index in [9.17, 15) is 18.4 Å². The first-order valence-electron chi connectivity index (χ1n) is 11.5. The molecule has 2 aromatic carbocycles. The minimum atomic E-state index is -3.11. The Morgan fingerprint density at radius 1 is 1.20 bits per heavy atom. The zero-order valence-electron chi connectivity index (χ0n) is 18.9. The Balaban J connectivity index is 1.37. The highest BCUT2D eigenvalue weighted by atomic mass is 19.3. The number of anilines is 1. The predicted molar refractivity (Wildman–Crippen MR) is 127 cm³/mol. The molecule has 0 spiro atoms. The topological polar surface area (TPSA) is 98.1 Å². The summed E-state index contributed by atoms with van der Waals surface area (Å²) in [4.78, 5) is 30.6. The lowest BCUT2D eigenvalue weighted by molar-refractivity contribution is -0.131. The van der Waals surface area contributed by atoms with Gasteiger partial charge in [-0.3, -0.25) is 14.6 Å². The normalized spacial score (nSPS) is 18.4. The van der Waals surface area contributed by atoms with E-state index in [4.69, 9.17) is 5.26 Å². The standard InChI is InChI=1S/C26H23F2N5O2/c27-26(28)12-19(13-29)33(15-26)24(34)14-32-25(35)20-7-9-31-23-6-4-17(11-21(20)23)16-3-5-22-18(10-16)2-1-8-30-22/h3-7,9-11,19,30H,1-2,8,12,14-15H2,(H,32,35). The number of benzene rings is 2. The molecule has 178 valence electrons. The summed E-state index contributed by atoms with van der Waals surface area (Å²) in [6.45, 7) is -0.335. The number of nitriles is 1. The molecule has 5 rings (SSSR count). The number of alkyl halides is 2. The third kappa shape index (κ3) is 4.52. The number of aryl methyl sites for hydroxylation is 1. The van der Waals surface area contributed by atoms with Crippen LogP contribution in [0.1, 0.15) is 28.8 Å². The second-order valence-electron chi connectivity index (χ2n) is 8.90. The van der Waals surface area contributed by atoms with E-state index in [0.717, 1.165) is 41.1 Å². The average Bonchev–Trinajstić information content (AvgIpc) is 3.20. The van der Waals surface area contributed by atoms with Crippen molar-refractivity contribution in [1.82, 2.24) is 15.2 Å². The van der Waals surface area contributed by atoms with Gasteiger partial charge in [0.2, 0.25) is 5.91 Å². The average molecular weight is 475 g/mol. The minimum Gasteiger partial charge on any atom is -0.385 e. The predicted octanol–water partition coefficient (Wildman–Crippen LogP) is 3.75. The van der Waals surface area contributed by atoms with Gasteiger partial charge in [-0.25, -0.2) is 8.78 Å². The monoisotopic (exact) mass is 475 g/mol. The number of hydrogen-bond donors (Lipinski definition) is 2. The minimum absolute atomic E-state index is 0.327. The number of nitrogens with one attached hydrogen (secondary N) is 2. The maximum atomic E-state index is 13.7. The summed E-state index contributed by atoms with van der Waals surface area (Å²) >= 11 is 0. The molecule has 2 aliphatic heterocycles. The molecule has 2 N–H and O–H groups in total. The first-order chi connectivity index (χ1) is 16.8. The van der Waals surface area contributed by atoms with Crippen LogP contribution in [0.15, 0.2) is 48.7 Å². The zero-order chi connectivity index (χ0) is 24.6. The van der Waals surface area contributed by atoms with Crippen LogP contribution in [0.2, 0.25) is 0 Å². The molecule has 0 bridgehead atoms. The van der Waals surface area contributed by atoms with Gasteiger partial charge >= 0.3 is 0 Å². The Bertz CT molecular complexity index is 1370. The third-order valence-corrected chi connectivity index (χ3v) is 6.50. The van der Waals surface area contributed by atoms with Crippen molar-refractivity contribution >= 4 is 28.4 Å². The molecule has 0 saturated carbocycles. The van der Waals surface area contributed by atoms with Crippen molar-refractivity contribution < 1.29 is 18.4 Å². The van der Waals surface area contributed by atoms with Gasteiger partial charge in [-0.1, -0.05) is 12.1 Å². The van der Waals surface area contributed by atoms with E-state index >= 15 is 0 Å². The van der Waals surface area contributed by atoms with E-state index in [1.807, 2.05) is 24.3 Å². The van der Waals surface area contributed by atoms with Crippen LogP contribution in [0.3, 0.4) is 0 Å². The molecule has 2 aliphatic rings. The van der Waals surface area contributed by atoms with Crippen molar-refractivity contribution in [2.75, 3.05) is 25.0 Å². The molecule has 1 fully saturated rings. The lowest BCUT2D eigenvalue weighted by Crippen LogP contribution is -2.43. The van der Waals surface area contributed by atoms with Gasteiger partial charge in [0.25, 0.3) is 11.8 Å². The second kappa shape index (κ2) is 8.95. The number of carbonyl (C=O) groups is 2. The molecule has 3 aromatic rings. The number of nitrogens with zero attached hydrogens (tertiary/aromatic N) is 3. The summed E-state index contributed by atoms with van der Waals surface area (Å²) in [5.41, 5.74) is 5.29. The van der Waals surface area contributed by atoms with Crippen molar-refractivity contribution in [2.24, 2.45) is 0 Å². The van der Waals surface area contributed by atoms with Gasteiger partial charge in [-0.05, 0) is 59.9 Å². The van der Waals surface area contributed by atoms with E-state index in [-0.39, 0.29) is 0 Å². The van der Waals surface area contributed by atoms with Crippen LogP contribution < -0.4 is 10.6 Å². The molecule has 1 atom stereocenters. The molecule has 0 radical (unpaired) electrons. The van der Waals surface area contributed by atoms with Crippen LogP contribution in [0.25, 0.3) is 22.0 Å². The summed E-state index contributed by atoms with van der Waals surface area (Å²) in [6, 6.07) is 14.0. The van der Waals surface area contributed by atoms with Crippen molar-refractivity contribution in [1.29, 1.82) is 5.26 Å². The number of rotatable bonds is 4. The van der Waals surface area contributed by atoms with Crippen molar-refractivity contribution in [3.63, 3.8) is 0 Å². The van der Waals surface area contributed by atoms with E-state index in [1.54, 1.807) is 12.1 Å². The highest BCUT2D eigenvalue weighted by Crippen LogP contribution is 2.32. The molecule has 1 saturated heterocycles. The quantitative estimate of drug-likeness (QED) is 0.599. The Morgan fingerprint density at radius 2 is 2.00 bits per heavy atom. The van der Waals surface area contributed by atoms with Gasteiger partial charge in [0.1, 0.15) is 6.04 Å². The molecule has 7 nitrogen and oxygen atoms in total. The fraction of sp³-hybridized carbons (Fsp3) is 0.308. The molecule has 9 heteroatoms. The van der Waals surface area contributed by atoms with Gasteiger partial charge in [-0.2, -0.15) is 5.26 Å². The van der Waals surface area contributed by atoms with Gasteiger partial charge in [0.05, 0.1) is 30.2 Å². The van der Waals surface area contributed by atoms with Crippen LogP contribution in [-0.2, 0) is 11.2 Å². The first kappa shape index (κ1) is 22.7. The molecule has 2 amide bonds. The molecular weight excluding hydrogens is 452 g/mol. The summed E-state index contributed by atoms with van der Waals surface area (Å²) in [7, 11) is 0. The summed E-state index contributed by atoms with van der Waals surface area (Å²) in [6.07, 6.45) is 2.89. The van der Waals surface area contributed by atoms with Gasteiger partial charge in [-0.15, -0.1) is 0 Å². The molecular formula is C26H23F2N5O2. The lowest BCUT2D eigenvalue weighted by Gasteiger charge is -2.19. The Morgan fingerprint density at radius 3 is 2.83 bits per heavy atom. The van der Waals surface area contributed by atoms with Crippen LogP contribution in [0.5, 0.6) is 0 Å². The van der Waals surface area contributed by atoms with Crippen LogP contribution in [-0.4, -0.2) is 53.3 Å². The number of halogens is 2. The van der Waals surface area contributed by atoms with E-state index < -0.39 is 43.3 Å². The number of amides is 2. The smallest absolute Gasteiger partial charge is 0.268 e. The van der Waals surface area contributed by atoms with Crippen LogP contribution in [0, 0.1) is 11.3 Å². The number of fused-ring (bicyclic) bond motifs is 2. The summed E-state index contributed by atoms with van der Waals surface area (Å²) < 4.78 is 27.3. The first-order valence-corrected chi connectivity index (χ1v) is 11.5. The molecule has 1 aromatic heterocycles. The Hall–Kier alpha value is -4.06. The number of hydrogen-bond acceptors (Lipinski definition) is 5. The highest BCUT2D eigenvalue weighted by molar-refractivity contribution is 6.07. The van der Waals surface area contributed by atoms with Crippen LogP contribution >= 0.6 is 0 Å². The second-order valence-corrected chi connectivity index (χ2v) is 8.90.